The minimum atomic E-state index is -1.86. The van der Waals surface area contributed by atoms with Crippen molar-refractivity contribution in [3.63, 3.8) is 0 Å². The van der Waals surface area contributed by atoms with Crippen molar-refractivity contribution in [3.8, 4) is 5.69 Å². The summed E-state index contributed by atoms with van der Waals surface area (Å²) in [5, 5.41) is 15.7. The zero-order valence-electron chi connectivity index (χ0n) is 19.9. The normalized spacial score (nSPS) is 11.7. The molecule has 1 heterocycles. The molecule has 0 atom stereocenters. The van der Waals surface area contributed by atoms with Crippen LogP contribution in [0.2, 0.25) is 0 Å². The van der Waals surface area contributed by atoms with Crippen LogP contribution in [0.5, 0.6) is 0 Å². The quantitative estimate of drug-likeness (QED) is 0.316. The molecule has 0 radical (unpaired) electrons. The number of carbonyl (C=O) groups is 1. The lowest BCUT2D eigenvalue weighted by Gasteiger charge is -2.27. The second kappa shape index (κ2) is 9.49. The third kappa shape index (κ3) is 4.30. The van der Waals surface area contributed by atoms with E-state index in [0.717, 1.165) is 22.6 Å². The Balaban J connectivity index is 1.61. The predicted molar refractivity (Wildman–Crippen MR) is 136 cm³/mol. The molecule has 3 aromatic carbocycles. The van der Waals surface area contributed by atoms with Crippen LogP contribution in [0.3, 0.4) is 0 Å². The second-order valence-corrected chi connectivity index (χ2v) is 8.57. The first-order valence-electron chi connectivity index (χ1n) is 11.3. The Labute approximate surface area is 200 Å². The lowest BCUT2D eigenvalue weighted by molar-refractivity contribution is -0.136. The van der Waals surface area contributed by atoms with Gasteiger partial charge in [0.15, 0.2) is 5.60 Å². The zero-order valence-corrected chi connectivity index (χ0v) is 19.9. The maximum Gasteiger partial charge on any atom is 0.281 e. The summed E-state index contributed by atoms with van der Waals surface area (Å²) in [7, 11) is 0. The smallest absolute Gasteiger partial charge is 0.281 e. The molecule has 0 spiro atoms. The fourth-order valence-electron chi connectivity index (χ4n) is 4.21. The molecule has 4 rings (SSSR count). The van der Waals surface area contributed by atoms with Crippen molar-refractivity contribution >= 4 is 12.1 Å². The van der Waals surface area contributed by atoms with Crippen LogP contribution in [0.15, 0.2) is 90.0 Å². The van der Waals surface area contributed by atoms with Crippen molar-refractivity contribution < 1.29 is 9.90 Å². The summed E-state index contributed by atoms with van der Waals surface area (Å²) in [6, 6.07) is 26.2. The number of hydrazone groups is 1. The number of aryl methyl sites for hydroxylation is 3. The van der Waals surface area contributed by atoms with Gasteiger partial charge < -0.3 is 9.67 Å². The van der Waals surface area contributed by atoms with Gasteiger partial charge in [0, 0.05) is 22.6 Å². The lowest BCUT2D eigenvalue weighted by Crippen LogP contribution is -2.43. The predicted octanol–water partition coefficient (Wildman–Crippen LogP) is 5.10. The Bertz CT molecular complexity index is 1300. The fourth-order valence-corrected chi connectivity index (χ4v) is 4.21. The average Bonchev–Trinajstić information content (AvgIpc) is 3.14. The summed E-state index contributed by atoms with van der Waals surface area (Å²) in [4.78, 5) is 13.2. The number of hydrogen-bond donors (Lipinski definition) is 2. The minimum Gasteiger partial charge on any atom is -0.372 e. The van der Waals surface area contributed by atoms with Gasteiger partial charge in [0.05, 0.1) is 6.21 Å². The number of rotatable bonds is 6. The maximum absolute atomic E-state index is 13.2. The highest BCUT2D eigenvalue weighted by molar-refractivity contribution is 5.91. The molecule has 0 aliphatic heterocycles. The van der Waals surface area contributed by atoms with Gasteiger partial charge in [-0.3, -0.25) is 4.79 Å². The van der Waals surface area contributed by atoms with Crippen LogP contribution >= 0.6 is 0 Å². The van der Waals surface area contributed by atoms with Crippen molar-refractivity contribution in [1.82, 2.24) is 9.99 Å². The number of carbonyl (C=O) groups excluding carboxylic acids is 1. The van der Waals surface area contributed by atoms with E-state index in [1.54, 1.807) is 54.7 Å². The molecule has 0 saturated carbocycles. The number of nitrogens with zero attached hydrogens (tertiary/aromatic N) is 2. The molecule has 5 heteroatoms. The molecular weight excluding hydrogens is 422 g/mol. The Hall–Kier alpha value is -3.96. The van der Waals surface area contributed by atoms with E-state index in [-0.39, 0.29) is 0 Å². The number of amides is 1. The number of hydrogen-bond acceptors (Lipinski definition) is 3. The van der Waals surface area contributed by atoms with E-state index in [2.05, 4.69) is 47.1 Å². The van der Waals surface area contributed by atoms with Crippen LogP contribution in [0, 0.1) is 27.7 Å². The Morgan fingerprint density at radius 1 is 0.853 bits per heavy atom. The highest BCUT2D eigenvalue weighted by Crippen LogP contribution is 2.30. The first-order chi connectivity index (χ1) is 16.3. The van der Waals surface area contributed by atoms with E-state index in [9.17, 15) is 9.90 Å². The molecule has 1 aromatic heterocycles. The van der Waals surface area contributed by atoms with Crippen molar-refractivity contribution in [2.24, 2.45) is 5.10 Å². The van der Waals surface area contributed by atoms with Gasteiger partial charge in [0.25, 0.3) is 5.91 Å². The molecule has 0 unspecified atom stereocenters. The SMILES string of the molecule is Cc1ccc(-n2c(C)cc(/C=N/NC(=O)C(O)(c3ccccc3)c3ccccc3)c2C)cc1C. The molecule has 1 amide bonds. The number of nitrogens with one attached hydrogen (secondary N) is 1. The topological polar surface area (TPSA) is 66.6 Å². The second-order valence-electron chi connectivity index (χ2n) is 8.57. The van der Waals surface area contributed by atoms with Gasteiger partial charge in [0.1, 0.15) is 0 Å². The summed E-state index contributed by atoms with van der Waals surface area (Å²) in [5.74, 6) is -0.621. The van der Waals surface area contributed by atoms with Crippen LogP contribution in [0.1, 0.15) is 39.2 Å². The Morgan fingerprint density at radius 3 is 2.00 bits per heavy atom. The fraction of sp³-hybridized carbons (Fsp3) is 0.172. The maximum atomic E-state index is 13.2. The highest BCUT2D eigenvalue weighted by Gasteiger charge is 2.39. The van der Waals surface area contributed by atoms with Crippen LogP contribution in [0.25, 0.3) is 5.69 Å². The van der Waals surface area contributed by atoms with Crippen molar-refractivity contribution in [3.05, 3.63) is 124 Å². The molecule has 4 aromatic rings. The van der Waals surface area contributed by atoms with Crippen molar-refractivity contribution in [1.29, 1.82) is 0 Å². The third-order valence-electron chi connectivity index (χ3n) is 6.30. The van der Waals surface area contributed by atoms with Gasteiger partial charge in [0.2, 0.25) is 0 Å². The number of benzene rings is 3. The van der Waals surface area contributed by atoms with Crippen molar-refractivity contribution in [2.75, 3.05) is 0 Å². The average molecular weight is 452 g/mol. The lowest BCUT2D eigenvalue weighted by atomic mass is 9.85. The van der Waals surface area contributed by atoms with Gasteiger partial charge in [-0.15, -0.1) is 0 Å². The summed E-state index contributed by atoms with van der Waals surface area (Å²) in [6.07, 6.45) is 1.62. The summed E-state index contributed by atoms with van der Waals surface area (Å²) < 4.78 is 2.17. The molecule has 0 aliphatic rings. The molecule has 5 nitrogen and oxygen atoms in total. The van der Waals surface area contributed by atoms with E-state index in [0.29, 0.717) is 11.1 Å². The van der Waals surface area contributed by atoms with Gasteiger partial charge in [-0.2, -0.15) is 5.10 Å². The molecular formula is C29H29N3O2. The zero-order chi connectivity index (χ0) is 24.3. The van der Waals surface area contributed by atoms with Gasteiger partial charge >= 0.3 is 0 Å². The first-order valence-corrected chi connectivity index (χ1v) is 11.3. The summed E-state index contributed by atoms with van der Waals surface area (Å²) >= 11 is 0. The standard InChI is InChI=1S/C29H29N3O2/c1-20-15-16-27(17-21(20)2)32-22(3)18-24(23(32)4)19-30-31-28(33)29(34,25-11-7-5-8-12-25)26-13-9-6-10-14-26/h5-19,34H,1-4H3,(H,31,33)/b30-19+. The van der Waals surface area contributed by atoms with Crippen molar-refractivity contribution in [2.45, 2.75) is 33.3 Å². The van der Waals surface area contributed by atoms with E-state index in [1.807, 2.05) is 32.0 Å². The number of aliphatic hydroxyl groups is 1. The molecule has 0 saturated heterocycles. The third-order valence-corrected chi connectivity index (χ3v) is 6.30. The first kappa shape index (κ1) is 23.2. The Morgan fingerprint density at radius 2 is 1.44 bits per heavy atom. The minimum absolute atomic E-state index is 0.474. The molecule has 0 aliphatic carbocycles. The highest BCUT2D eigenvalue weighted by atomic mass is 16.3. The largest absolute Gasteiger partial charge is 0.372 e. The van der Waals surface area contributed by atoms with E-state index in [1.165, 1.54) is 11.1 Å². The molecule has 0 bridgehead atoms. The van der Waals surface area contributed by atoms with Crippen LogP contribution in [-0.2, 0) is 10.4 Å². The van der Waals surface area contributed by atoms with E-state index >= 15 is 0 Å². The van der Waals surface area contributed by atoms with Crippen LogP contribution in [-0.4, -0.2) is 21.8 Å². The van der Waals surface area contributed by atoms with Gasteiger partial charge in [-0.1, -0.05) is 66.7 Å². The van der Waals surface area contributed by atoms with Gasteiger partial charge in [-0.25, -0.2) is 5.43 Å². The number of aromatic nitrogens is 1. The monoisotopic (exact) mass is 451 g/mol. The van der Waals surface area contributed by atoms with Crippen LogP contribution < -0.4 is 5.43 Å². The molecule has 172 valence electrons. The molecule has 0 fully saturated rings. The molecule has 2 N–H and O–H groups in total. The molecule has 34 heavy (non-hydrogen) atoms. The van der Waals surface area contributed by atoms with Gasteiger partial charge in [-0.05, 0) is 68.1 Å². The Kier molecular flexibility index (Phi) is 6.48. The summed E-state index contributed by atoms with van der Waals surface area (Å²) in [6.45, 7) is 8.27. The van der Waals surface area contributed by atoms with E-state index < -0.39 is 11.5 Å². The summed E-state index contributed by atoms with van der Waals surface area (Å²) in [5.41, 5.74) is 8.17. The van der Waals surface area contributed by atoms with E-state index in [4.69, 9.17) is 0 Å². The van der Waals surface area contributed by atoms with Crippen LogP contribution in [0.4, 0.5) is 0 Å².